The van der Waals surface area contributed by atoms with E-state index < -0.39 is 0 Å². The van der Waals surface area contributed by atoms with Crippen LogP contribution in [-0.4, -0.2) is 23.2 Å². The molecular weight excluding hydrogens is 452 g/mol. The number of benzene rings is 3. The molecule has 0 atom stereocenters. The largest absolute Gasteiger partial charge is 0.376 e. The number of rotatable bonds is 7. The average Bonchev–Trinajstić information content (AvgIpc) is 3.12. The zero-order valence-electron chi connectivity index (χ0n) is 17.2. The Morgan fingerprint density at radius 2 is 1.77 bits per heavy atom. The highest BCUT2D eigenvalue weighted by Gasteiger charge is 2.08. The van der Waals surface area contributed by atoms with Gasteiger partial charge in [-0.2, -0.15) is 5.10 Å². The quantitative estimate of drug-likeness (QED) is 0.281. The number of para-hydroxylation sites is 1. The van der Waals surface area contributed by atoms with E-state index >= 15 is 0 Å². The van der Waals surface area contributed by atoms with E-state index in [2.05, 4.69) is 85.9 Å². The Bertz CT molecular complexity index is 1230. The number of hydrogen-bond acceptors (Lipinski definition) is 3. The van der Waals surface area contributed by atoms with Crippen LogP contribution in [0.2, 0.25) is 0 Å². The predicted octanol–water partition coefficient (Wildman–Crippen LogP) is 5.32. The summed E-state index contributed by atoms with van der Waals surface area (Å²) < 4.78 is 3.21. The Hall–Kier alpha value is -3.38. The summed E-state index contributed by atoms with van der Waals surface area (Å²) in [4.78, 5) is 12.1. The van der Waals surface area contributed by atoms with Crippen LogP contribution in [-0.2, 0) is 11.3 Å². The molecule has 1 amide bonds. The molecule has 0 spiro atoms. The van der Waals surface area contributed by atoms with E-state index in [1.54, 1.807) is 6.21 Å². The minimum atomic E-state index is -0.206. The maximum Gasteiger partial charge on any atom is 0.259 e. The fourth-order valence-electron chi connectivity index (χ4n) is 3.44. The molecule has 0 saturated carbocycles. The molecule has 1 heterocycles. The van der Waals surface area contributed by atoms with Crippen LogP contribution in [0.4, 0.5) is 5.69 Å². The number of fused-ring (bicyclic) bond motifs is 1. The van der Waals surface area contributed by atoms with Gasteiger partial charge in [0.2, 0.25) is 0 Å². The molecular formula is C25H23BrN4O. The van der Waals surface area contributed by atoms with Crippen molar-refractivity contribution >= 4 is 44.6 Å². The molecule has 2 N–H and O–H groups in total. The van der Waals surface area contributed by atoms with E-state index in [9.17, 15) is 4.79 Å². The fraction of sp³-hybridized carbons (Fsp3) is 0.120. The lowest BCUT2D eigenvalue weighted by Gasteiger charge is -2.08. The van der Waals surface area contributed by atoms with Crippen molar-refractivity contribution in [3.8, 4) is 0 Å². The topological polar surface area (TPSA) is 58.4 Å². The summed E-state index contributed by atoms with van der Waals surface area (Å²) >= 11 is 3.39. The SMILES string of the molecule is Cc1ccccc1Cn1cc(/C=N\NC(=O)CNc2ccc(Br)cc2)c2ccccc21. The lowest BCUT2D eigenvalue weighted by Crippen LogP contribution is -2.25. The van der Waals surface area contributed by atoms with Gasteiger partial charge in [-0.3, -0.25) is 4.79 Å². The molecule has 0 radical (unpaired) electrons. The molecule has 4 rings (SSSR count). The van der Waals surface area contributed by atoms with Crippen LogP contribution >= 0.6 is 15.9 Å². The van der Waals surface area contributed by atoms with Crippen molar-refractivity contribution in [3.63, 3.8) is 0 Å². The Labute approximate surface area is 189 Å². The number of aryl methyl sites for hydroxylation is 1. The highest BCUT2D eigenvalue weighted by molar-refractivity contribution is 9.10. The molecule has 0 fully saturated rings. The molecule has 0 aliphatic carbocycles. The number of anilines is 1. The number of halogens is 1. The van der Waals surface area contributed by atoms with Gasteiger partial charge in [0.15, 0.2) is 0 Å². The van der Waals surface area contributed by atoms with Gasteiger partial charge in [0.1, 0.15) is 0 Å². The maximum atomic E-state index is 12.1. The molecule has 0 saturated heterocycles. The van der Waals surface area contributed by atoms with Gasteiger partial charge in [0.25, 0.3) is 5.91 Å². The van der Waals surface area contributed by atoms with Crippen molar-refractivity contribution in [1.82, 2.24) is 9.99 Å². The van der Waals surface area contributed by atoms with Crippen molar-refractivity contribution in [2.45, 2.75) is 13.5 Å². The van der Waals surface area contributed by atoms with Crippen LogP contribution in [0.1, 0.15) is 16.7 Å². The van der Waals surface area contributed by atoms with Gasteiger partial charge in [-0.1, -0.05) is 58.4 Å². The first-order chi connectivity index (χ1) is 15.1. The van der Waals surface area contributed by atoms with Crippen molar-refractivity contribution in [3.05, 3.63) is 100 Å². The third kappa shape index (κ3) is 5.22. The van der Waals surface area contributed by atoms with Crippen molar-refractivity contribution in [2.75, 3.05) is 11.9 Å². The number of amides is 1. The number of nitrogens with one attached hydrogen (secondary N) is 2. The predicted molar refractivity (Wildman–Crippen MR) is 131 cm³/mol. The Morgan fingerprint density at radius 1 is 1.03 bits per heavy atom. The summed E-state index contributed by atoms with van der Waals surface area (Å²) in [5.74, 6) is -0.206. The van der Waals surface area contributed by atoms with E-state index in [4.69, 9.17) is 0 Å². The molecule has 156 valence electrons. The molecule has 3 aromatic carbocycles. The average molecular weight is 475 g/mol. The van der Waals surface area contributed by atoms with E-state index in [0.717, 1.165) is 33.2 Å². The molecule has 5 nitrogen and oxygen atoms in total. The first-order valence-electron chi connectivity index (χ1n) is 10.0. The van der Waals surface area contributed by atoms with Crippen LogP contribution in [0.25, 0.3) is 10.9 Å². The lowest BCUT2D eigenvalue weighted by molar-refractivity contribution is -0.119. The zero-order valence-corrected chi connectivity index (χ0v) is 18.8. The number of hydrogen-bond donors (Lipinski definition) is 2. The summed E-state index contributed by atoms with van der Waals surface area (Å²) in [5.41, 5.74) is 8.11. The standard InChI is InChI=1S/C25H23BrN4O/c1-18-6-2-3-7-19(18)16-30-17-20(23-8-4-5-9-24(23)30)14-28-29-25(31)15-27-22-12-10-21(26)11-13-22/h2-14,17,27H,15-16H2,1H3,(H,29,31)/b28-14-. The van der Waals surface area contributed by atoms with Crippen molar-refractivity contribution in [1.29, 1.82) is 0 Å². The highest BCUT2D eigenvalue weighted by atomic mass is 79.9. The number of hydrazone groups is 1. The van der Waals surface area contributed by atoms with Gasteiger partial charge in [-0.05, 0) is 48.4 Å². The molecule has 31 heavy (non-hydrogen) atoms. The summed E-state index contributed by atoms with van der Waals surface area (Å²) in [6.45, 7) is 3.06. The fourth-order valence-corrected chi connectivity index (χ4v) is 3.71. The Kier molecular flexibility index (Phi) is 6.48. The Morgan fingerprint density at radius 3 is 2.58 bits per heavy atom. The Balaban J connectivity index is 1.44. The zero-order chi connectivity index (χ0) is 21.6. The summed E-state index contributed by atoms with van der Waals surface area (Å²) in [7, 11) is 0. The maximum absolute atomic E-state index is 12.1. The van der Waals surface area contributed by atoms with Crippen LogP contribution in [0.15, 0.2) is 88.6 Å². The van der Waals surface area contributed by atoms with Crippen molar-refractivity contribution < 1.29 is 4.79 Å². The van der Waals surface area contributed by atoms with Gasteiger partial charge in [-0.15, -0.1) is 0 Å². The number of carbonyl (C=O) groups is 1. The minimum absolute atomic E-state index is 0.147. The minimum Gasteiger partial charge on any atom is -0.376 e. The van der Waals surface area contributed by atoms with Gasteiger partial charge in [0, 0.05) is 39.4 Å². The monoisotopic (exact) mass is 474 g/mol. The smallest absolute Gasteiger partial charge is 0.259 e. The molecule has 0 aliphatic heterocycles. The number of carbonyl (C=O) groups excluding carboxylic acids is 1. The number of nitrogens with zero attached hydrogens (tertiary/aromatic N) is 2. The first kappa shape index (κ1) is 20.9. The lowest BCUT2D eigenvalue weighted by atomic mass is 10.1. The van der Waals surface area contributed by atoms with E-state index in [1.807, 2.05) is 36.4 Å². The molecule has 4 aromatic rings. The third-order valence-corrected chi connectivity index (χ3v) is 5.64. The third-order valence-electron chi connectivity index (χ3n) is 5.11. The normalized spacial score (nSPS) is 11.2. The first-order valence-corrected chi connectivity index (χ1v) is 10.8. The van der Waals surface area contributed by atoms with Crippen LogP contribution in [0.5, 0.6) is 0 Å². The summed E-state index contributed by atoms with van der Waals surface area (Å²) in [6.07, 6.45) is 3.78. The van der Waals surface area contributed by atoms with E-state index in [-0.39, 0.29) is 12.5 Å². The second kappa shape index (κ2) is 9.62. The molecule has 0 unspecified atom stereocenters. The second-order valence-corrected chi connectivity index (χ2v) is 8.23. The summed E-state index contributed by atoms with van der Waals surface area (Å²) in [6, 6.07) is 24.3. The second-order valence-electron chi connectivity index (χ2n) is 7.31. The van der Waals surface area contributed by atoms with Gasteiger partial charge in [-0.25, -0.2) is 5.43 Å². The highest BCUT2D eigenvalue weighted by Crippen LogP contribution is 2.22. The van der Waals surface area contributed by atoms with Gasteiger partial charge < -0.3 is 9.88 Å². The van der Waals surface area contributed by atoms with Crippen LogP contribution in [0.3, 0.4) is 0 Å². The van der Waals surface area contributed by atoms with E-state index in [1.165, 1.54) is 11.1 Å². The van der Waals surface area contributed by atoms with Crippen LogP contribution in [0, 0.1) is 6.92 Å². The molecule has 0 aliphatic rings. The number of aromatic nitrogens is 1. The summed E-state index contributed by atoms with van der Waals surface area (Å²) in [5, 5.41) is 8.35. The molecule has 1 aromatic heterocycles. The molecule has 6 heteroatoms. The van der Waals surface area contributed by atoms with Crippen molar-refractivity contribution in [2.24, 2.45) is 5.10 Å². The van der Waals surface area contributed by atoms with Gasteiger partial charge in [0.05, 0.1) is 12.8 Å². The van der Waals surface area contributed by atoms with E-state index in [0.29, 0.717) is 0 Å². The van der Waals surface area contributed by atoms with Crippen LogP contribution < -0.4 is 10.7 Å². The van der Waals surface area contributed by atoms with Gasteiger partial charge >= 0.3 is 0 Å². The molecule has 0 bridgehead atoms.